The summed E-state index contributed by atoms with van der Waals surface area (Å²) in [4.78, 5) is 21.1. The minimum Gasteiger partial charge on any atom is -0.491 e. The molecular weight excluding hydrogens is 388 g/mol. The molecule has 1 aliphatic rings. The Kier molecular flexibility index (Phi) is 8.29. The van der Waals surface area contributed by atoms with E-state index in [9.17, 15) is 4.79 Å². The highest BCUT2D eigenvalue weighted by Crippen LogP contribution is 2.32. The van der Waals surface area contributed by atoms with Gasteiger partial charge in [0, 0.05) is 44.6 Å². The van der Waals surface area contributed by atoms with Crippen molar-refractivity contribution in [1.29, 1.82) is 0 Å². The van der Waals surface area contributed by atoms with Crippen molar-refractivity contribution in [2.75, 3.05) is 26.2 Å². The van der Waals surface area contributed by atoms with Crippen molar-refractivity contribution in [2.45, 2.75) is 58.7 Å². The predicted molar refractivity (Wildman–Crippen MR) is 124 cm³/mol. The van der Waals surface area contributed by atoms with Crippen LogP contribution in [0.3, 0.4) is 0 Å². The molecule has 1 unspecified atom stereocenters. The molecule has 1 aromatic carbocycles. The van der Waals surface area contributed by atoms with E-state index in [4.69, 9.17) is 4.74 Å². The van der Waals surface area contributed by atoms with Gasteiger partial charge in [-0.05, 0) is 69.9 Å². The van der Waals surface area contributed by atoms with Gasteiger partial charge in [-0.15, -0.1) is 0 Å². The predicted octanol–water partition coefficient (Wildman–Crippen LogP) is 4.47. The second kappa shape index (κ2) is 11.1. The van der Waals surface area contributed by atoms with Crippen LogP contribution in [-0.2, 0) is 0 Å². The van der Waals surface area contributed by atoms with Gasteiger partial charge in [0.05, 0.1) is 12.1 Å². The first-order valence-corrected chi connectivity index (χ1v) is 11.5. The second-order valence-electron chi connectivity index (χ2n) is 8.36. The van der Waals surface area contributed by atoms with Crippen LogP contribution < -0.4 is 10.1 Å². The molecule has 1 saturated heterocycles. The first-order valence-electron chi connectivity index (χ1n) is 11.5. The number of hydrogen-bond donors (Lipinski definition) is 1. The molecule has 6 nitrogen and oxygen atoms in total. The maximum absolute atomic E-state index is 12.4. The average Bonchev–Trinajstić information content (AvgIpc) is 2.77. The van der Waals surface area contributed by atoms with Crippen molar-refractivity contribution in [2.24, 2.45) is 0 Å². The number of rotatable bonds is 8. The number of nitrogens with zero attached hydrogens (tertiary/aromatic N) is 3. The zero-order valence-corrected chi connectivity index (χ0v) is 19.3. The van der Waals surface area contributed by atoms with Gasteiger partial charge in [0.2, 0.25) is 0 Å². The third-order valence-corrected chi connectivity index (χ3v) is 5.84. The molecule has 31 heavy (non-hydrogen) atoms. The largest absolute Gasteiger partial charge is 0.491 e. The van der Waals surface area contributed by atoms with Crippen LogP contribution >= 0.6 is 0 Å². The van der Waals surface area contributed by atoms with Crippen molar-refractivity contribution in [3.05, 3.63) is 59.9 Å². The summed E-state index contributed by atoms with van der Waals surface area (Å²) < 4.78 is 5.82. The highest BCUT2D eigenvalue weighted by Gasteiger charge is 2.28. The molecule has 1 aromatic heterocycles. The molecule has 1 N–H and O–H groups in total. The molecule has 6 heteroatoms. The first-order chi connectivity index (χ1) is 15.0. The molecule has 3 rings (SSSR count). The van der Waals surface area contributed by atoms with Crippen molar-refractivity contribution in [3.63, 3.8) is 0 Å². The van der Waals surface area contributed by atoms with E-state index in [1.165, 1.54) is 11.1 Å². The molecule has 0 spiro atoms. The Morgan fingerprint density at radius 1 is 1.13 bits per heavy atom. The minimum atomic E-state index is 0.0491. The highest BCUT2D eigenvalue weighted by molar-refractivity contribution is 5.74. The summed E-state index contributed by atoms with van der Waals surface area (Å²) in [6.45, 7) is 11.4. The van der Waals surface area contributed by atoms with Gasteiger partial charge in [-0.1, -0.05) is 18.2 Å². The lowest BCUT2D eigenvalue weighted by molar-refractivity contribution is 0.154. The fourth-order valence-corrected chi connectivity index (χ4v) is 4.23. The second-order valence-corrected chi connectivity index (χ2v) is 8.36. The summed E-state index contributed by atoms with van der Waals surface area (Å²) in [5.41, 5.74) is 2.42. The molecule has 2 amide bonds. The van der Waals surface area contributed by atoms with Crippen LogP contribution in [0.15, 0.2) is 48.8 Å². The van der Waals surface area contributed by atoms with Crippen molar-refractivity contribution < 1.29 is 9.53 Å². The molecule has 1 aliphatic heterocycles. The van der Waals surface area contributed by atoms with Crippen LogP contribution in [0.2, 0.25) is 0 Å². The Morgan fingerprint density at radius 2 is 1.81 bits per heavy atom. The number of piperidine rings is 1. The molecule has 1 atom stereocenters. The number of carbonyl (C=O) groups is 1. The summed E-state index contributed by atoms with van der Waals surface area (Å²) >= 11 is 0. The number of pyridine rings is 1. The van der Waals surface area contributed by atoms with E-state index in [2.05, 4.69) is 45.5 Å². The number of aromatic nitrogens is 1. The molecule has 2 heterocycles. The minimum absolute atomic E-state index is 0.0491. The molecule has 0 radical (unpaired) electrons. The fraction of sp³-hybridized carbons (Fsp3) is 0.520. The van der Waals surface area contributed by atoms with Gasteiger partial charge >= 0.3 is 6.03 Å². The molecule has 1 fully saturated rings. The van der Waals surface area contributed by atoms with Gasteiger partial charge in [0.25, 0.3) is 0 Å². The summed E-state index contributed by atoms with van der Waals surface area (Å²) in [5, 5.41) is 3.22. The molecule has 2 aromatic rings. The summed E-state index contributed by atoms with van der Waals surface area (Å²) in [6.07, 6.45) is 5.81. The first kappa shape index (κ1) is 23.1. The van der Waals surface area contributed by atoms with E-state index in [0.717, 1.165) is 44.8 Å². The summed E-state index contributed by atoms with van der Waals surface area (Å²) in [5.74, 6) is 0.890. The van der Waals surface area contributed by atoms with E-state index < -0.39 is 0 Å². The highest BCUT2D eigenvalue weighted by atomic mass is 16.5. The number of carbonyl (C=O) groups excluding carboxylic acids is 1. The van der Waals surface area contributed by atoms with Crippen LogP contribution in [0.5, 0.6) is 5.75 Å². The SMILES string of the molecule is CCN(CC)C(=O)NC1CCN(C(c2ccc(OC(C)C)cc2)c2cccnc2)CC1. The monoisotopic (exact) mass is 424 g/mol. The van der Waals surface area contributed by atoms with Gasteiger partial charge in [0.15, 0.2) is 0 Å². The fourth-order valence-electron chi connectivity index (χ4n) is 4.23. The van der Waals surface area contributed by atoms with E-state index in [1.54, 1.807) is 0 Å². The molecule has 0 saturated carbocycles. The molecule has 0 bridgehead atoms. The normalized spacial score (nSPS) is 16.2. The average molecular weight is 425 g/mol. The van der Waals surface area contributed by atoms with E-state index in [0.29, 0.717) is 0 Å². The van der Waals surface area contributed by atoms with Crippen LogP contribution in [0, 0.1) is 0 Å². The number of benzene rings is 1. The van der Waals surface area contributed by atoms with E-state index in [1.807, 2.05) is 51.1 Å². The third kappa shape index (κ3) is 6.20. The summed E-state index contributed by atoms with van der Waals surface area (Å²) in [6, 6.07) is 13.0. The van der Waals surface area contributed by atoms with Crippen LogP contribution in [0.25, 0.3) is 0 Å². The summed E-state index contributed by atoms with van der Waals surface area (Å²) in [7, 11) is 0. The zero-order valence-electron chi connectivity index (χ0n) is 19.3. The van der Waals surface area contributed by atoms with Crippen molar-refractivity contribution >= 4 is 6.03 Å². The van der Waals surface area contributed by atoms with E-state index >= 15 is 0 Å². The zero-order chi connectivity index (χ0) is 22.2. The number of amides is 2. The number of likely N-dealkylation sites (tertiary alicyclic amines) is 1. The number of nitrogens with one attached hydrogen (secondary N) is 1. The quantitative estimate of drug-likeness (QED) is 0.679. The topological polar surface area (TPSA) is 57.7 Å². The van der Waals surface area contributed by atoms with Gasteiger partial charge in [-0.3, -0.25) is 9.88 Å². The Balaban J connectivity index is 1.71. The maximum Gasteiger partial charge on any atom is 0.317 e. The number of ether oxygens (including phenoxy) is 1. The van der Waals surface area contributed by atoms with Gasteiger partial charge in [-0.25, -0.2) is 4.79 Å². The van der Waals surface area contributed by atoms with Crippen LogP contribution in [0.1, 0.15) is 57.7 Å². The Labute approximate surface area is 186 Å². The lowest BCUT2D eigenvalue weighted by Crippen LogP contribution is -2.49. The molecular formula is C25H36N4O2. The third-order valence-electron chi connectivity index (χ3n) is 5.84. The van der Waals surface area contributed by atoms with Gasteiger partial charge < -0.3 is 15.0 Å². The lowest BCUT2D eigenvalue weighted by Gasteiger charge is -2.38. The Hall–Kier alpha value is -2.60. The Bertz CT molecular complexity index is 798. The van der Waals surface area contributed by atoms with Gasteiger partial charge in [0.1, 0.15) is 5.75 Å². The lowest BCUT2D eigenvalue weighted by atomic mass is 9.94. The number of hydrogen-bond acceptors (Lipinski definition) is 4. The Morgan fingerprint density at radius 3 is 2.35 bits per heavy atom. The van der Waals surface area contributed by atoms with Crippen LogP contribution in [0.4, 0.5) is 4.79 Å². The van der Waals surface area contributed by atoms with E-state index in [-0.39, 0.29) is 24.2 Å². The molecule has 168 valence electrons. The van der Waals surface area contributed by atoms with Gasteiger partial charge in [-0.2, -0.15) is 0 Å². The standard InChI is InChI=1S/C25H36N4O2/c1-5-28(6-2)25(30)27-22-13-16-29(17-14-22)24(21-8-7-15-26-18-21)20-9-11-23(12-10-20)31-19(3)4/h7-12,15,18-19,22,24H,5-6,13-14,16-17H2,1-4H3,(H,27,30). The number of urea groups is 1. The van der Waals surface area contributed by atoms with Crippen molar-refractivity contribution in [3.8, 4) is 5.75 Å². The smallest absolute Gasteiger partial charge is 0.317 e. The van der Waals surface area contributed by atoms with Crippen LogP contribution in [-0.4, -0.2) is 59.1 Å². The molecule has 0 aliphatic carbocycles. The van der Waals surface area contributed by atoms with Crippen molar-refractivity contribution in [1.82, 2.24) is 20.1 Å². The maximum atomic E-state index is 12.4.